The van der Waals surface area contributed by atoms with Gasteiger partial charge < -0.3 is 4.74 Å². The molecule has 1 spiro atoms. The molecule has 0 radical (unpaired) electrons. The number of hydrogen-bond acceptors (Lipinski definition) is 3. The summed E-state index contributed by atoms with van der Waals surface area (Å²) in [6.45, 7) is 7.86. The van der Waals surface area contributed by atoms with Crippen molar-refractivity contribution in [2.24, 2.45) is 5.92 Å². The molecule has 2 aliphatic heterocycles. The molecule has 3 heteroatoms. The van der Waals surface area contributed by atoms with Crippen molar-refractivity contribution >= 4 is 0 Å². The highest BCUT2D eigenvalue weighted by Crippen LogP contribution is 2.42. The highest BCUT2D eigenvalue weighted by molar-refractivity contribution is 5.64. The van der Waals surface area contributed by atoms with Crippen molar-refractivity contribution in [2.75, 3.05) is 19.6 Å². The molecule has 1 saturated heterocycles. The first kappa shape index (κ1) is 14.7. The van der Waals surface area contributed by atoms with Crippen molar-refractivity contribution in [3.05, 3.63) is 48.2 Å². The van der Waals surface area contributed by atoms with Gasteiger partial charge in [0.05, 0.1) is 0 Å². The Bertz CT molecular complexity index is 700. The van der Waals surface area contributed by atoms with Crippen LogP contribution in [0.5, 0.6) is 5.88 Å². The van der Waals surface area contributed by atoms with Crippen LogP contribution in [-0.2, 0) is 6.42 Å². The third kappa shape index (κ3) is 2.53. The number of piperidine rings is 1. The van der Waals surface area contributed by atoms with Crippen LogP contribution in [0.1, 0.15) is 25.8 Å². The molecule has 3 heterocycles. The molecule has 2 atom stereocenters. The van der Waals surface area contributed by atoms with Crippen LogP contribution in [0.3, 0.4) is 0 Å². The summed E-state index contributed by atoms with van der Waals surface area (Å²) in [6, 6.07) is 12.7. The second-order valence-electron chi connectivity index (χ2n) is 6.96. The van der Waals surface area contributed by atoms with Gasteiger partial charge in [-0.05, 0) is 37.1 Å². The summed E-state index contributed by atoms with van der Waals surface area (Å²) < 4.78 is 6.42. The quantitative estimate of drug-likeness (QED) is 0.844. The molecule has 23 heavy (non-hydrogen) atoms. The number of ether oxygens (including phenoxy) is 1. The summed E-state index contributed by atoms with van der Waals surface area (Å²) in [5.41, 5.74) is 3.58. The highest BCUT2D eigenvalue weighted by atomic mass is 16.5. The maximum absolute atomic E-state index is 6.42. The van der Waals surface area contributed by atoms with Crippen molar-refractivity contribution in [3.63, 3.8) is 0 Å². The van der Waals surface area contributed by atoms with Crippen molar-refractivity contribution in [1.29, 1.82) is 0 Å². The molecule has 0 amide bonds. The Morgan fingerprint density at radius 1 is 1.26 bits per heavy atom. The van der Waals surface area contributed by atoms with Crippen molar-refractivity contribution in [1.82, 2.24) is 9.88 Å². The molecule has 4 rings (SSSR count). The minimum atomic E-state index is -0.0844. The Morgan fingerprint density at radius 3 is 2.87 bits per heavy atom. The SMILES string of the molecule is CCN1CCC(C)C2(Cc3cc(-c4ccccc4)cnc3O2)C1. The zero-order valence-electron chi connectivity index (χ0n) is 14.0. The molecule has 1 fully saturated rings. The molecule has 2 aliphatic rings. The van der Waals surface area contributed by atoms with Crippen LogP contribution in [0.25, 0.3) is 11.1 Å². The van der Waals surface area contributed by atoms with E-state index in [0.29, 0.717) is 5.92 Å². The summed E-state index contributed by atoms with van der Waals surface area (Å²) >= 11 is 0. The van der Waals surface area contributed by atoms with Gasteiger partial charge in [0.25, 0.3) is 0 Å². The second-order valence-corrected chi connectivity index (χ2v) is 6.96. The minimum Gasteiger partial charge on any atom is -0.469 e. The summed E-state index contributed by atoms with van der Waals surface area (Å²) in [6.07, 6.45) is 4.12. The Hall–Kier alpha value is -1.87. The van der Waals surface area contributed by atoms with Gasteiger partial charge in [-0.1, -0.05) is 44.2 Å². The topological polar surface area (TPSA) is 25.4 Å². The number of benzene rings is 1. The number of fused-ring (bicyclic) bond motifs is 1. The summed E-state index contributed by atoms with van der Waals surface area (Å²) in [7, 11) is 0. The van der Waals surface area contributed by atoms with Crippen LogP contribution in [0.2, 0.25) is 0 Å². The fourth-order valence-corrected chi connectivity index (χ4v) is 3.94. The fraction of sp³-hybridized carbons (Fsp3) is 0.450. The van der Waals surface area contributed by atoms with E-state index in [1.54, 1.807) is 0 Å². The van der Waals surface area contributed by atoms with Crippen molar-refractivity contribution in [3.8, 4) is 17.0 Å². The van der Waals surface area contributed by atoms with Crippen molar-refractivity contribution < 1.29 is 4.74 Å². The molecule has 0 saturated carbocycles. The average Bonchev–Trinajstić information content (AvgIpc) is 2.96. The lowest BCUT2D eigenvalue weighted by atomic mass is 9.79. The van der Waals surface area contributed by atoms with Gasteiger partial charge in [0, 0.05) is 30.3 Å². The van der Waals surface area contributed by atoms with Gasteiger partial charge >= 0.3 is 0 Å². The van der Waals surface area contributed by atoms with Crippen LogP contribution in [0.15, 0.2) is 42.6 Å². The number of pyridine rings is 1. The number of hydrogen-bond donors (Lipinski definition) is 0. The lowest BCUT2D eigenvalue weighted by Gasteiger charge is -2.43. The van der Waals surface area contributed by atoms with Gasteiger partial charge in [0.1, 0.15) is 5.60 Å². The molecular weight excluding hydrogens is 284 g/mol. The summed E-state index contributed by atoms with van der Waals surface area (Å²) in [5.74, 6) is 1.41. The number of aromatic nitrogens is 1. The molecule has 120 valence electrons. The van der Waals surface area contributed by atoms with E-state index in [0.717, 1.165) is 25.4 Å². The lowest BCUT2D eigenvalue weighted by molar-refractivity contribution is -0.0348. The number of likely N-dealkylation sites (N-methyl/N-ethyl adjacent to an activating group) is 1. The largest absolute Gasteiger partial charge is 0.469 e. The number of nitrogens with zero attached hydrogens (tertiary/aromatic N) is 2. The first-order chi connectivity index (χ1) is 11.2. The zero-order chi connectivity index (χ0) is 15.9. The predicted molar refractivity (Wildman–Crippen MR) is 92.6 cm³/mol. The molecule has 3 nitrogen and oxygen atoms in total. The maximum Gasteiger partial charge on any atom is 0.217 e. The maximum atomic E-state index is 6.42. The van der Waals surface area contributed by atoms with Crippen LogP contribution >= 0.6 is 0 Å². The monoisotopic (exact) mass is 308 g/mol. The van der Waals surface area contributed by atoms with Crippen LogP contribution in [0.4, 0.5) is 0 Å². The van der Waals surface area contributed by atoms with Gasteiger partial charge in [0.2, 0.25) is 5.88 Å². The summed E-state index contributed by atoms with van der Waals surface area (Å²) in [5, 5.41) is 0. The summed E-state index contributed by atoms with van der Waals surface area (Å²) in [4.78, 5) is 7.13. The normalized spacial score (nSPS) is 27.0. The average molecular weight is 308 g/mol. The fourth-order valence-electron chi connectivity index (χ4n) is 3.94. The zero-order valence-corrected chi connectivity index (χ0v) is 14.0. The first-order valence-electron chi connectivity index (χ1n) is 8.66. The van der Waals surface area contributed by atoms with E-state index < -0.39 is 0 Å². The minimum absolute atomic E-state index is 0.0844. The molecule has 0 aliphatic carbocycles. The van der Waals surface area contributed by atoms with E-state index in [2.05, 4.69) is 54.1 Å². The van der Waals surface area contributed by atoms with Gasteiger partial charge in [-0.3, -0.25) is 4.90 Å². The van der Waals surface area contributed by atoms with Crippen molar-refractivity contribution in [2.45, 2.75) is 32.3 Å². The number of rotatable bonds is 2. The van der Waals surface area contributed by atoms with Crippen LogP contribution < -0.4 is 4.74 Å². The molecule has 2 aromatic rings. The van der Waals surface area contributed by atoms with E-state index in [4.69, 9.17) is 4.74 Å². The lowest BCUT2D eigenvalue weighted by Crippen LogP contribution is -2.56. The molecule has 0 N–H and O–H groups in total. The van der Waals surface area contributed by atoms with Gasteiger partial charge in [-0.15, -0.1) is 0 Å². The van der Waals surface area contributed by atoms with E-state index in [-0.39, 0.29) is 5.60 Å². The van der Waals surface area contributed by atoms with Gasteiger partial charge in [0.15, 0.2) is 0 Å². The highest BCUT2D eigenvalue weighted by Gasteiger charge is 2.47. The molecule has 0 bridgehead atoms. The third-order valence-corrected chi connectivity index (χ3v) is 5.54. The molecule has 2 unspecified atom stereocenters. The predicted octanol–water partition coefficient (Wildman–Crippen LogP) is 3.78. The van der Waals surface area contributed by atoms with Gasteiger partial charge in [-0.2, -0.15) is 0 Å². The molecular formula is C20H24N2O. The Labute approximate surface area is 138 Å². The molecule has 1 aromatic carbocycles. The smallest absolute Gasteiger partial charge is 0.217 e. The third-order valence-electron chi connectivity index (χ3n) is 5.54. The van der Waals surface area contributed by atoms with Crippen LogP contribution in [-0.4, -0.2) is 35.1 Å². The van der Waals surface area contributed by atoms with E-state index in [1.165, 1.54) is 29.7 Å². The van der Waals surface area contributed by atoms with E-state index in [9.17, 15) is 0 Å². The van der Waals surface area contributed by atoms with Gasteiger partial charge in [-0.25, -0.2) is 4.98 Å². The standard InChI is InChI=1S/C20H24N2O/c1-3-22-10-9-15(2)20(14-22)12-17-11-18(13-21-19(17)23-20)16-7-5-4-6-8-16/h4-8,11,13,15H,3,9-10,12,14H2,1-2H3. The second kappa shape index (κ2) is 5.64. The number of likely N-dealkylation sites (tertiary alicyclic amines) is 1. The van der Waals surface area contributed by atoms with Crippen LogP contribution in [0, 0.1) is 5.92 Å². The first-order valence-corrected chi connectivity index (χ1v) is 8.66. The Kier molecular flexibility index (Phi) is 3.61. The molecule has 1 aromatic heterocycles. The Morgan fingerprint density at radius 2 is 2.09 bits per heavy atom. The Balaban J connectivity index is 1.65. The van der Waals surface area contributed by atoms with E-state index >= 15 is 0 Å². The van der Waals surface area contributed by atoms with E-state index in [1.807, 2.05) is 12.3 Å².